The SMILES string of the molecule is COc1ccc2c(c1)C(C(C)N)CS2. The second kappa shape index (κ2) is 3.83. The van der Waals surface area contributed by atoms with Gasteiger partial charge < -0.3 is 10.5 Å². The fourth-order valence-corrected chi connectivity index (χ4v) is 3.16. The van der Waals surface area contributed by atoms with E-state index in [1.807, 2.05) is 17.8 Å². The minimum Gasteiger partial charge on any atom is -0.497 e. The summed E-state index contributed by atoms with van der Waals surface area (Å²) in [6, 6.07) is 6.47. The maximum absolute atomic E-state index is 5.95. The molecular weight excluding hydrogens is 194 g/mol. The third-order valence-electron chi connectivity index (χ3n) is 2.67. The summed E-state index contributed by atoms with van der Waals surface area (Å²) >= 11 is 1.89. The molecular formula is C11H15NOS. The highest BCUT2D eigenvalue weighted by molar-refractivity contribution is 7.99. The van der Waals surface area contributed by atoms with E-state index in [0.717, 1.165) is 11.5 Å². The molecule has 1 aromatic carbocycles. The Morgan fingerprint density at radius 2 is 2.36 bits per heavy atom. The van der Waals surface area contributed by atoms with E-state index in [1.54, 1.807) is 7.11 Å². The Kier molecular flexibility index (Phi) is 2.70. The van der Waals surface area contributed by atoms with Crippen molar-refractivity contribution < 1.29 is 4.74 Å². The molecule has 2 rings (SSSR count). The van der Waals surface area contributed by atoms with Crippen molar-refractivity contribution in [2.75, 3.05) is 12.9 Å². The van der Waals surface area contributed by atoms with Crippen molar-refractivity contribution in [3.63, 3.8) is 0 Å². The minimum atomic E-state index is 0.218. The Bertz CT molecular complexity index is 338. The Morgan fingerprint density at radius 1 is 1.57 bits per heavy atom. The van der Waals surface area contributed by atoms with Gasteiger partial charge in [0.05, 0.1) is 7.11 Å². The highest BCUT2D eigenvalue weighted by Gasteiger charge is 2.26. The molecule has 1 heterocycles. The lowest BCUT2D eigenvalue weighted by molar-refractivity contribution is 0.413. The number of nitrogens with two attached hydrogens (primary N) is 1. The number of hydrogen-bond acceptors (Lipinski definition) is 3. The number of benzene rings is 1. The average Bonchev–Trinajstić information content (AvgIpc) is 2.59. The van der Waals surface area contributed by atoms with E-state index in [2.05, 4.69) is 19.1 Å². The zero-order valence-corrected chi connectivity index (χ0v) is 9.30. The van der Waals surface area contributed by atoms with Gasteiger partial charge in [-0.15, -0.1) is 11.8 Å². The fourth-order valence-electron chi connectivity index (χ4n) is 1.78. The fraction of sp³-hybridized carbons (Fsp3) is 0.455. The summed E-state index contributed by atoms with van der Waals surface area (Å²) in [5.41, 5.74) is 7.30. The van der Waals surface area contributed by atoms with Gasteiger partial charge >= 0.3 is 0 Å². The van der Waals surface area contributed by atoms with Gasteiger partial charge in [0.25, 0.3) is 0 Å². The lowest BCUT2D eigenvalue weighted by Crippen LogP contribution is -2.24. The maximum atomic E-state index is 5.95. The molecule has 2 unspecified atom stereocenters. The smallest absolute Gasteiger partial charge is 0.119 e. The molecule has 2 nitrogen and oxygen atoms in total. The third-order valence-corrected chi connectivity index (χ3v) is 3.88. The first-order valence-electron chi connectivity index (χ1n) is 4.78. The maximum Gasteiger partial charge on any atom is 0.119 e. The zero-order chi connectivity index (χ0) is 10.1. The van der Waals surface area contributed by atoms with Crippen LogP contribution in [-0.4, -0.2) is 18.9 Å². The number of methoxy groups -OCH3 is 1. The largest absolute Gasteiger partial charge is 0.497 e. The quantitative estimate of drug-likeness (QED) is 0.811. The van der Waals surface area contributed by atoms with Crippen molar-refractivity contribution in [1.29, 1.82) is 0 Å². The number of hydrogen-bond donors (Lipinski definition) is 1. The van der Waals surface area contributed by atoms with E-state index in [-0.39, 0.29) is 6.04 Å². The Balaban J connectivity index is 2.37. The molecule has 1 aliphatic heterocycles. The van der Waals surface area contributed by atoms with Crippen LogP contribution in [0.25, 0.3) is 0 Å². The standard InChI is InChI=1S/C11H15NOS/c1-7(12)10-6-14-11-4-3-8(13-2)5-9(10)11/h3-5,7,10H,6,12H2,1-2H3. The molecule has 0 saturated carbocycles. The second-order valence-corrected chi connectivity index (χ2v) is 4.74. The molecule has 0 aliphatic carbocycles. The van der Waals surface area contributed by atoms with Gasteiger partial charge in [-0.1, -0.05) is 0 Å². The molecule has 76 valence electrons. The summed E-state index contributed by atoms with van der Waals surface area (Å²) in [6.07, 6.45) is 0. The van der Waals surface area contributed by atoms with Gasteiger partial charge in [0.1, 0.15) is 5.75 Å². The van der Waals surface area contributed by atoms with Crippen LogP contribution >= 0.6 is 11.8 Å². The first kappa shape index (κ1) is 9.87. The van der Waals surface area contributed by atoms with Crippen LogP contribution in [0.5, 0.6) is 5.75 Å². The van der Waals surface area contributed by atoms with Crippen LogP contribution in [0.15, 0.2) is 23.1 Å². The lowest BCUT2D eigenvalue weighted by atomic mass is 9.95. The first-order chi connectivity index (χ1) is 6.72. The van der Waals surface area contributed by atoms with Crippen LogP contribution in [0.2, 0.25) is 0 Å². The van der Waals surface area contributed by atoms with Crippen LogP contribution in [0.4, 0.5) is 0 Å². The molecule has 0 spiro atoms. The normalized spacial score (nSPS) is 21.8. The summed E-state index contributed by atoms with van der Waals surface area (Å²) in [5, 5.41) is 0. The molecule has 3 heteroatoms. The highest BCUT2D eigenvalue weighted by atomic mass is 32.2. The zero-order valence-electron chi connectivity index (χ0n) is 8.49. The van der Waals surface area contributed by atoms with Crippen molar-refractivity contribution in [3.05, 3.63) is 23.8 Å². The van der Waals surface area contributed by atoms with Crippen LogP contribution in [0, 0.1) is 0 Å². The molecule has 0 amide bonds. The van der Waals surface area contributed by atoms with Crippen molar-refractivity contribution in [3.8, 4) is 5.75 Å². The van der Waals surface area contributed by atoms with Crippen LogP contribution < -0.4 is 10.5 Å². The first-order valence-corrected chi connectivity index (χ1v) is 5.77. The Labute approximate surface area is 88.8 Å². The van der Waals surface area contributed by atoms with Gasteiger partial charge in [-0.25, -0.2) is 0 Å². The van der Waals surface area contributed by atoms with Crippen molar-refractivity contribution >= 4 is 11.8 Å². The van der Waals surface area contributed by atoms with Gasteiger partial charge in [-0.3, -0.25) is 0 Å². The van der Waals surface area contributed by atoms with E-state index < -0.39 is 0 Å². The predicted molar refractivity (Wildman–Crippen MR) is 60.1 cm³/mol. The monoisotopic (exact) mass is 209 g/mol. The third kappa shape index (κ3) is 1.62. The molecule has 2 N–H and O–H groups in total. The summed E-state index contributed by atoms with van der Waals surface area (Å²) < 4.78 is 5.22. The van der Waals surface area contributed by atoms with Gasteiger partial charge in [0.15, 0.2) is 0 Å². The topological polar surface area (TPSA) is 35.2 Å². The molecule has 1 aliphatic rings. The number of ether oxygens (including phenoxy) is 1. The molecule has 0 radical (unpaired) electrons. The average molecular weight is 209 g/mol. The molecule has 0 bridgehead atoms. The number of rotatable bonds is 2. The van der Waals surface area contributed by atoms with Crippen molar-refractivity contribution in [2.24, 2.45) is 5.73 Å². The Morgan fingerprint density at radius 3 is 3.00 bits per heavy atom. The van der Waals surface area contributed by atoms with Gasteiger partial charge in [0.2, 0.25) is 0 Å². The Hall–Kier alpha value is -0.670. The van der Waals surface area contributed by atoms with Crippen LogP contribution in [0.1, 0.15) is 18.4 Å². The summed E-state index contributed by atoms with van der Waals surface area (Å²) in [7, 11) is 1.70. The van der Waals surface area contributed by atoms with Crippen molar-refractivity contribution in [2.45, 2.75) is 23.8 Å². The molecule has 0 fully saturated rings. The molecule has 2 atom stereocenters. The van der Waals surface area contributed by atoms with Crippen molar-refractivity contribution in [1.82, 2.24) is 0 Å². The summed E-state index contributed by atoms with van der Waals surface area (Å²) in [5.74, 6) is 2.50. The van der Waals surface area contributed by atoms with Gasteiger partial charge in [-0.05, 0) is 30.7 Å². The van der Waals surface area contributed by atoms with E-state index in [1.165, 1.54) is 10.5 Å². The van der Waals surface area contributed by atoms with E-state index in [9.17, 15) is 0 Å². The van der Waals surface area contributed by atoms with Gasteiger partial charge in [0, 0.05) is 22.6 Å². The summed E-state index contributed by atoms with van der Waals surface area (Å²) in [6.45, 7) is 2.07. The predicted octanol–water partition coefficient (Wildman–Crippen LogP) is 2.23. The second-order valence-electron chi connectivity index (χ2n) is 3.68. The van der Waals surface area contributed by atoms with E-state index in [4.69, 9.17) is 10.5 Å². The molecule has 1 aromatic rings. The van der Waals surface area contributed by atoms with E-state index >= 15 is 0 Å². The van der Waals surface area contributed by atoms with Gasteiger partial charge in [-0.2, -0.15) is 0 Å². The lowest BCUT2D eigenvalue weighted by Gasteiger charge is -2.15. The molecule has 0 saturated heterocycles. The van der Waals surface area contributed by atoms with E-state index in [0.29, 0.717) is 5.92 Å². The minimum absolute atomic E-state index is 0.218. The molecule has 14 heavy (non-hydrogen) atoms. The number of fused-ring (bicyclic) bond motifs is 1. The highest BCUT2D eigenvalue weighted by Crippen LogP contribution is 2.42. The van der Waals surface area contributed by atoms with Crippen LogP contribution in [0.3, 0.4) is 0 Å². The number of thioether (sulfide) groups is 1. The summed E-state index contributed by atoms with van der Waals surface area (Å²) in [4.78, 5) is 1.35. The van der Waals surface area contributed by atoms with Crippen LogP contribution in [-0.2, 0) is 0 Å². The molecule has 0 aromatic heterocycles.